The molecule has 4 heteroatoms. The summed E-state index contributed by atoms with van der Waals surface area (Å²) >= 11 is 0. The molecular formula is C11H22O4. The van der Waals surface area contributed by atoms with E-state index >= 15 is 0 Å². The molecule has 4 unspecified atom stereocenters. The number of aliphatic hydroxyl groups is 1. The maximum atomic E-state index is 11.0. The zero-order chi connectivity index (χ0) is 12.0. The van der Waals surface area contributed by atoms with Gasteiger partial charge in [0.25, 0.3) is 0 Å². The molecule has 0 saturated heterocycles. The molecular weight excluding hydrogens is 196 g/mol. The molecule has 0 aliphatic heterocycles. The predicted octanol–water partition coefficient (Wildman–Crippen LogP) is 1.66. The van der Waals surface area contributed by atoms with Crippen LogP contribution in [0.3, 0.4) is 0 Å². The van der Waals surface area contributed by atoms with Gasteiger partial charge in [0, 0.05) is 0 Å². The van der Waals surface area contributed by atoms with Gasteiger partial charge < -0.3 is 14.9 Å². The van der Waals surface area contributed by atoms with Crippen LogP contribution in [0.5, 0.6) is 0 Å². The first-order valence-corrected chi connectivity index (χ1v) is 5.46. The Kier molecular flexibility index (Phi) is 6.52. The Balaban J connectivity index is 4.33. The maximum absolute atomic E-state index is 11.0. The summed E-state index contributed by atoms with van der Waals surface area (Å²) in [6.45, 7) is 7.14. The molecule has 15 heavy (non-hydrogen) atoms. The van der Waals surface area contributed by atoms with E-state index in [0.29, 0.717) is 0 Å². The molecule has 0 aliphatic rings. The molecule has 0 aromatic rings. The van der Waals surface area contributed by atoms with E-state index in [1.807, 2.05) is 13.8 Å². The van der Waals surface area contributed by atoms with E-state index in [1.54, 1.807) is 13.8 Å². The van der Waals surface area contributed by atoms with Crippen molar-refractivity contribution in [2.24, 2.45) is 5.92 Å². The second-order valence-corrected chi connectivity index (χ2v) is 4.11. The van der Waals surface area contributed by atoms with E-state index < -0.39 is 24.3 Å². The number of hydrogen-bond acceptors (Lipinski definition) is 3. The average molecular weight is 218 g/mol. The van der Waals surface area contributed by atoms with Crippen molar-refractivity contribution in [3.63, 3.8) is 0 Å². The first kappa shape index (κ1) is 14.4. The molecule has 0 heterocycles. The van der Waals surface area contributed by atoms with Crippen molar-refractivity contribution in [2.45, 2.75) is 58.8 Å². The van der Waals surface area contributed by atoms with Gasteiger partial charge >= 0.3 is 5.97 Å². The van der Waals surface area contributed by atoms with Crippen molar-refractivity contribution < 1.29 is 19.7 Å². The lowest BCUT2D eigenvalue weighted by molar-refractivity contribution is -0.162. The van der Waals surface area contributed by atoms with Crippen LogP contribution in [-0.2, 0) is 9.53 Å². The highest BCUT2D eigenvalue weighted by Gasteiger charge is 2.28. The van der Waals surface area contributed by atoms with Gasteiger partial charge in [0.15, 0.2) is 6.10 Å². The molecule has 0 aliphatic carbocycles. The standard InChI is InChI=1S/C11H22O4/c1-5-6-7(2)10(11(13)14)15-9(4)8(3)12/h7-10,12H,5-6H2,1-4H3,(H,13,14). The molecule has 90 valence electrons. The fraction of sp³-hybridized carbons (Fsp3) is 0.909. The number of aliphatic carboxylic acids is 1. The molecule has 4 nitrogen and oxygen atoms in total. The minimum Gasteiger partial charge on any atom is -0.479 e. The summed E-state index contributed by atoms with van der Waals surface area (Å²) in [4.78, 5) is 11.0. The number of carbonyl (C=O) groups is 1. The molecule has 2 N–H and O–H groups in total. The van der Waals surface area contributed by atoms with Crippen LogP contribution in [0.1, 0.15) is 40.5 Å². The summed E-state index contributed by atoms with van der Waals surface area (Å²) in [5, 5.41) is 18.2. The van der Waals surface area contributed by atoms with Crippen LogP contribution in [0.4, 0.5) is 0 Å². The van der Waals surface area contributed by atoms with Gasteiger partial charge in [0.05, 0.1) is 12.2 Å². The first-order chi connectivity index (χ1) is 6.90. The second-order valence-electron chi connectivity index (χ2n) is 4.11. The highest BCUT2D eigenvalue weighted by atomic mass is 16.5. The van der Waals surface area contributed by atoms with Crippen LogP contribution >= 0.6 is 0 Å². The first-order valence-electron chi connectivity index (χ1n) is 5.46. The Morgan fingerprint density at radius 1 is 1.33 bits per heavy atom. The van der Waals surface area contributed by atoms with Gasteiger partial charge in [0.1, 0.15) is 0 Å². The van der Waals surface area contributed by atoms with Crippen LogP contribution in [0.2, 0.25) is 0 Å². The van der Waals surface area contributed by atoms with Gasteiger partial charge in [-0.05, 0) is 26.2 Å². The largest absolute Gasteiger partial charge is 0.479 e. The summed E-state index contributed by atoms with van der Waals surface area (Å²) in [7, 11) is 0. The highest BCUT2D eigenvalue weighted by Crippen LogP contribution is 2.17. The Labute approximate surface area is 91.3 Å². The third-order valence-corrected chi connectivity index (χ3v) is 2.54. The normalized spacial score (nSPS) is 19.3. The minimum absolute atomic E-state index is 0.0336. The van der Waals surface area contributed by atoms with E-state index in [1.165, 1.54) is 0 Å². The quantitative estimate of drug-likeness (QED) is 0.682. The lowest BCUT2D eigenvalue weighted by Crippen LogP contribution is -2.37. The lowest BCUT2D eigenvalue weighted by Gasteiger charge is -2.25. The lowest BCUT2D eigenvalue weighted by atomic mass is 9.99. The van der Waals surface area contributed by atoms with E-state index in [0.717, 1.165) is 12.8 Å². The van der Waals surface area contributed by atoms with Crippen molar-refractivity contribution in [1.29, 1.82) is 0 Å². The van der Waals surface area contributed by atoms with Crippen LogP contribution < -0.4 is 0 Å². The summed E-state index contributed by atoms with van der Waals surface area (Å²) < 4.78 is 5.34. The fourth-order valence-electron chi connectivity index (χ4n) is 1.39. The molecule has 0 aromatic heterocycles. The Morgan fingerprint density at radius 3 is 2.20 bits per heavy atom. The summed E-state index contributed by atoms with van der Waals surface area (Å²) in [6.07, 6.45) is -0.193. The van der Waals surface area contributed by atoms with Gasteiger partial charge in [-0.2, -0.15) is 0 Å². The molecule has 0 amide bonds. The van der Waals surface area contributed by atoms with Crippen molar-refractivity contribution >= 4 is 5.97 Å². The van der Waals surface area contributed by atoms with Gasteiger partial charge in [-0.1, -0.05) is 20.3 Å². The molecule has 0 radical (unpaired) electrons. The average Bonchev–Trinajstić information content (AvgIpc) is 2.13. The number of rotatable bonds is 7. The Morgan fingerprint density at radius 2 is 1.87 bits per heavy atom. The molecule has 0 spiro atoms. The monoisotopic (exact) mass is 218 g/mol. The number of carboxylic acid groups (broad SMARTS) is 1. The number of carboxylic acids is 1. The third kappa shape index (κ3) is 5.14. The van der Waals surface area contributed by atoms with Gasteiger partial charge in [-0.15, -0.1) is 0 Å². The van der Waals surface area contributed by atoms with Crippen molar-refractivity contribution in [2.75, 3.05) is 0 Å². The molecule has 0 fully saturated rings. The molecule has 0 rings (SSSR count). The van der Waals surface area contributed by atoms with Crippen LogP contribution in [0, 0.1) is 5.92 Å². The molecule has 4 atom stereocenters. The topological polar surface area (TPSA) is 66.8 Å². The van der Waals surface area contributed by atoms with Gasteiger partial charge in [0.2, 0.25) is 0 Å². The van der Waals surface area contributed by atoms with Crippen molar-refractivity contribution in [1.82, 2.24) is 0 Å². The summed E-state index contributed by atoms with van der Waals surface area (Å²) in [6, 6.07) is 0. The number of aliphatic hydroxyl groups excluding tert-OH is 1. The van der Waals surface area contributed by atoms with E-state index in [2.05, 4.69) is 0 Å². The maximum Gasteiger partial charge on any atom is 0.333 e. The van der Waals surface area contributed by atoms with Crippen LogP contribution in [-0.4, -0.2) is 34.5 Å². The summed E-state index contributed by atoms with van der Waals surface area (Å²) in [5.74, 6) is -0.989. The predicted molar refractivity (Wildman–Crippen MR) is 57.7 cm³/mol. The fourth-order valence-corrected chi connectivity index (χ4v) is 1.39. The molecule has 0 saturated carbocycles. The van der Waals surface area contributed by atoms with Crippen molar-refractivity contribution in [3.05, 3.63) is 0 Å². The Bertz CT molecular complexity index is 191. The Hall–Kier alpha value is -0.610. The van der Waals surface area contributed by atoms with Crippen LogP contribution in [0.25, 0.3) is 0 Å². The van der Waals surface area contributed by atoms with Gasteiger partial charge in [-0.3, -0.25) is 0 Å². The summed E-state index contributed by atoms with van der Waals surface area (Å²) in [5.41, 5.74) is 0. The smallest absolute Gasteiger partial charge is 0.333 e. The zero-order valence-electron chi connectivity index (χ0n) is 9.93. The number of ether oxygens (including phenoxy) is 1. The van der Waals surface area contributed by atoms with E-state index in [-0.39, 0.29) is 5.92 Å². The number of hydrogen-bond donors (Lipinski definition) is 2. The van der Waals surface area contributed by atoms with E-state index in [9.17, 15) is 9.90 Å². The zero-order valence-corrected chi connectivity index (χ0v) is 9.93. The van der Waals surface area contributed by atoms with Crippen LogP contribution in [0.15, 0.2) is 0 Å². The molecule has 0 bridgehead atoms. The van der Waals surface area contributed by atoms with Gasteiger partial charge in [-0.25, -0.2) is 4.79 Å². The highest BCUT2D eigenvalue weighted by molar-refractivity contribution is 5.72. The SMILES string of the molecule is CCCC(C)C(OC(C)C(C)O)C(=O)O. The molecule has 0 aromatic carbocycles. The van der Waals surface area contributed by atoms with E-state index in [4.69, 9.17) is 9.84 Å². The van der Waals surface area contributed by atoms with Crippen molar-refractivity contribution in [3.8, 4) is 0 Å². The minimum atomic E-state index is -0.955. The third-order valence-electron chi connectivity index (χ3n) is 2.54. The second kappa shape index (κ2) is 6.80.